The summed E-state index contributed by atoms with van der Waals surface area (Å²) in [4.78, 5) is 12.4. The van der Waals surface area contributed by atoms with E-state index in [1.165, 1.54) is 0 Å². The Kier molecular flexibility index (Phi) is 6.90. The van der Waals surface area contributed by atoms with Crippen LogP contribution in [0.2, 0.25) is 0 Å². The lowest BCUT2D eigenvalue weighted by molar-refractivity contribution is -0.117. The predicted molar refractivity (Wildman–Crippen MR) is 57.7 cm³/mol. The zero-order valence-electron chi connectivity index (χ0n) is 9.30. The van der Waals surface area contributed by atoms with E-state index in [9.17, 15) is 13.2 Å². The quantitative estimate of drug-likeness (QED) is 0.444. The van der Waals surface area contributed by atoms with Crippen LogP contribution in [-0.4, -0.2) is 53.2 Å². The van der Waals surface area contributed by atoms with E-state index in [1.807, 2.05) is 0 Å². The van der Waals surface area contributed by atoms with Crippen LogP contribution in [-0.2, 0) is 23.6 Å². The van der Waals surface area contributed by atoms with Crippen molar-refractivity contribution in [3.8, 4) is 0 Å². The molecule has 8 heteroatoms. The number of carbonyl (C=O) groups excluding carboxylic acids is 1. The Morgan fingerprint density at radius 1 is 1.44 bits per heavy atom. The molecule has 0 rings (SSSR count). The van der Waals surface area contributed by atoms with Gasteiger partial charge in [-0.15, -0.1) is 0 Å². The van der Waals surface area contributed by atoms with Crippen molar-refractivity contribution < 1.29 is 21.6 Å². The topological polar surface area (TPSA) is 84.9 Å². The average molecular weight is 252 g/mol. The van der Waals surface area contributed by atoms with E-state index >= 15 is 0 Å². The molecule has 0 fully saturated rings. The van der Waals surface area contributed by atoms with Gasteiger partial charge in [0.1, 0.15) is 6.73 Å². The summed E-state index contributed by atoms with van der Waals surface area (Å²) in [6, 6.07) is 0. The Morgan fingerprint density at radius 2 is 2.06 bits per heavy atom. The zero-order chi connectivity index (χ0) is 12.6. The molecule has 16 heavy (non-hydrogen) atoms. The van der Waals surface area contributed by atoms with Crippen molar-refractivity contribution in [2.75, 3.05) is 34.0 Å². The molecule has 0 unspecified atom stereocenters. The Morgan fingerprint density at radius 3 is 2.56 bits per heavy atom. The van der Waals surface area contributed by atoms with Gasteiger partial charge >= 0.3 is 10.4 Å². The normalized spacial score (nSPS) is 11.4. The van der Waals surface area contributed by atoms with Crippen LogP contribution >= 0.6 is 0 Å². The highest BCUT2D eigenvalue weighted by molar-refractivity contribution is 7.81. The van der Waals surface area contributed by atoms with Gasteiger partial charge in [-0.25, -0.2) is 8.37 Å². The molecule has 0 aliphatic heterocycles. The van der Waals surface area contributed by atoms with Crippen molar-refractivity contribution in [2.45, 2.75) is 0 Å². The molecular weight excluding hydrogens is 236 g/mol. The molecule has 0 radical (unpaired) electrons. The summed E-state index contributed by atoms with van der Waals surface area (Å²) in [5, 5.41) is 2.14. The predicted octanol–water partition coefficient (Wildman–Crippen LogP) is -0.914. The van der Waals surface area contributed by atoms with Crippen LogP contribution in [0, 0.1) is 0 Å². The molecule has 0 heterocycles. The number of hydrogen-bond donors (Lipinski definition) is 1. The van der Waals surface area contributed by atoms with Crippen molar-refractivity contribution in [1.82, 2.24) is 10.2 Å². The average Bonchev–Trinajstić information content (AvgIpc) is 2.16. The first kappa shape index (κ1) is 15.0. The van der Waals surface area contributed by atoms with E-state index in [0.29, 0.717) is 6.54 Å². The smallest absolute Gasteiger partial charge is 0.328 e. The molecule has 0 spiro atoms. The van der Waals surface area contributed by atoms with Crippen molar-refractivity contribution in [1.29, 1.82) is 0 Å². The van der Waals surface area contributed by atoms with Crippen molar-refractivity contribution in [3.05, 3.63) is 12.7 Å². The third-order valence-electron chi connectivity index (χ3n) is 1.40. The molecule has 0 bridgehead atoms. The summed E-state index contributed by atoms with van der Waals surface area (Å²) in [7, 11) is -0.499. The van der Waals surface area contributed by atoms with Gasteiger partial charge in [0, 0.05) is 6.54 Å². The number of rotatable bonds is 8. The number of nitrogens with one attached hydrogen (secondary N) is 1. The molecule has 0 aliphatic carbocycles. The lowest BCUT2D eigenvalue weighted by atomic mass is 10.6. The van der Waals surface area contributed by atoms with Gasteiger partial charge in [0.15, 0.2) is 0 Å². The second-order valence-corrected chi connectivity index (χ2v) is 4.33. The van der Waals surface area contributed by atoms with Crippen molar-refractivity contribution in [2.24, 2.45) is 0 Å². The van der Waals surface area contributed by atoms with Crippen LogP contribution in [0.3, 0.4) is 0 Å². The van der Waals surface area contributed by atoms with E-state index in [1.54, 1.807) is 19.0 Å². The second kappa shape index (κ2) is 7.34. The molecule has 0 aliphatic rings. The Bertz CT molecular complexity index is 325. The van der Waals surface area contributed by atoms with E-state index in [-0.39, 0.29) is 6.61 Å². The fraction of sp³-hybridized carbons (Fsp3) is 0.625. The Balaban J connectivity index is 3.79. The molecule has 1 N–H and O–H groups in total. The first-order valence-electron chi connectivity index (χ1n) is 4.46. The summed E-state index contributed by atoms with van der Waals surface area (Å²) < 4.78 is 30.9. The molecule has 0 atom stereocenters. The number of amides is 1. The van der Waals surface area contributed by atoms with E-state index in [4.69, 9.17) is 0 Å². The zero-order valence-corrected chi connectivity index (χ0v) is 10.1. The van der Waals surface area contributed by atoms with Crippen LogP contribution in [0.25, 0.3) is 0 Å². The molecule has 94 valence electrons. The van der Waals surface area contributed by atoms with Crippen molar-refractivity contribution >= 4 is 16.3 Å². The number of likely N-dealkylation sites (N-methyl/N-ethyl adjacent to an activating group) is 1. The molecule has 1 amide bonds. The third-order valence-corrected chi connectivity index (χ3v) is 2.26. The lowest BCUT2D eigenvalue weighted by Gasteiger charge is -2.09. The van der Waals surface area contributed by atoms with E-state index in [2.05, 4.69) is 20.3 Å². The van der Waals surface area contributed by atoms with E-state index < -0.39 is 23.0 Å². The van der Waals surface area contributed by atoms with Gasteiger partial charge in [-0.3, -0.25) is 4.79 Å². The molecule has 0 saturated carbocycles. The molecule has 0 aromatic carbocycles. The lowest BCUT2D eigenvalue weighted by Crippen LogP contribution is -2.27. The summed E-state index contributed by atoms with van der Waals surface area (Å²) in [6.07, 6.45) is 1.00. The summed E-state index contributed by atoms with van der Waals surface area (Å²) in [6.45, 7) is 3.15. The van der Waals surface area contributed by atoms with Gasteiger partial charge in [0.05, 0.1) is 6.61 Å². The minimum Gasteiger partial charge on any atom is -0.328 e. The number of carbonyl (C=O) groups is 1. The first-order valence-corrected chi connectivity index (χ1v) is 5.79. The highest BCUT2D eigenvalue weighted by Gasteiger charge is 2.11. The summed E-state index contributed by atoms with van der Waals surface area (Å²) >= 11 is 0. The minimum absolute atomic E-state index is 0.00919. The molecule has 7 nitrogen and oxygen atoms in total. The maximum atomic E-state index is 11.0. The van der Waals surface area contributed by atoms with Crippen LogP contribution in [0.5, 0.6) is 0 Å². The minimum atomic E-state index is -4.06. The summed E-state index contributed by atoms with van der Waals surface area (Å²) in [5.41, 5.74) is 0. The number of hydrogen-bond acceptors (Lipinski definition) is 6. The van der Waals surface area contributed by atoms with Crippen LogP contribution in [0.1, 0.15) is 0 Å². The van der Waals surface area contributed by atoms with E-state index in [0.717, 1.165) is 6.08 Å². The maximum absolute atomic E-state index is 11.0. The molecule has 0 saturated heterocycles. The van der Waals surface area contributed by atoms with Crippen molar-refractivity contribution in [3.63, 3.8) is 0 Å². The van der Waals surface area contributed by atoms with Crippen LogP contribution < -0.4 is 5.32 Å². The van der Waals surface area contributed by atoms with Gasteiger partial charge in [-0.05, 0) is 20.2 Å². The SMILES string of the molecule is C=CC(=O)NCOS(=O)(=O)OCCN(C)C. The largest absolute Gasteiger partial charge is 0.401 e. The standard InChI is InChI=1S/C8H16N2O5S/c1-4-8(11)9-7-15-16(12,13)14-6-5-10(2)3/h4H,1,5-7H2,2-3H3,(H,9,11). The molecule has 0 aromatic rings. The highest BCUT2D eigenvalue weighted by Crippen LogP contribution is 1.94. The first-order chi connectivity index (χ1) is 7.37. The summed E-state index contributed by atoms with van der Waals surface area (Å²) in [5.74, 6) is -0.525. The number of nitrogens with zero attached hydrogens (tertiary/aromatic N) is 1. The third kappa shape index (κ3) is 8.36. The molecular formula is C8H16N2O5S. The maximum Gasteiger partial charge on any atom is 0.401 e. The van der Waals surface area contributed by atoms with Crippen LogP contribution in [0.15, 0.2) is 12.7 Å². The van der Waals surface area contributed by atoms with Gasteiger partial charge in [-0.2, -0.15) is 8.42 Å². The van der Waals surface area contributed by atoms with Gasteiger partial charge < -0.3 is 10.2 Å². The fourth-order valence-corrected chi connectivity index (χ4v) is 1.15. The highest BCUT2D eigenvalue weighted by atomic mass is 32.3. The fourth-order valence-electron chi connectivity index (χ4n) is 0.601. The Hall–Kier alpha value is -0.960. The van der Waals surface area contributed by atoms with Gasteiger partial charge in [0.25, 0.3) is 0 Å². The monoisotopic (exact) mass is 252 g/mol. The Labute approximate surface area is 95.3 Å². The van der Waals surface area contributed by atoms with Gasteiger partial charge in [-0.1, -0.05) is 6.58 Å². The van der Waals surface area contributed by atoms with Crippen LogP contribution in [0.4, 0.5) is 0 Å². The second-order valence-electron chi connectivity index (χ2n) is 3.04. The molecule has 0 aromatic heterocycles. The van der Waals surface area contributed by atoms with Gasteiger partial charge in [0.2, 0.25) is 5.91 Å².